The van der Waals surface area contributed by atoms with Crippen molar-refractivity contribution in [3.63, 3.8) is 0 Å². The smallest absolute Gasteiger partial charge is 0.266 e. The van der Waals surface area contributed by atoms with Crippen molar-refractivity contribution in [2.45, 2.75) is 0 Å². The minimum absolute atomic E-state index is 0.245. The first-order valence-electron chi connectivity index (χ1n) is 3.74. The lowest BCUT2D eigenvalue weighted by Crippen LogP contribution is -2.29. The van der Waals surface area contributed by atoms with Gasteiger partial charge in [-0.2, -0.15) is 4.89 Å². The largest absolute Gasteiger partial charge is 0.288 e. The molecule has 2 rings (SSSR count). The van der Waals surface area contributed by atoms with Crippen LogP contribution in [-0.4, -0.2) is 16.9 Å². The maximum absolute atomic E-state index is 11.4. The van der Waals surface area contributed by atoms with Crippen molar-refractivity contribution < 1.29 is 19.5 Å². The van der Waals surface area contributed by atoms with Crippen molar-refractivity contribution in [3.8, 4) is 0 Å². The number of fused-ring (bicyclic) bond motifs is 1. The Labute approximate surface area is 79.7 Å². The molecule has 1 aromatic rings. The quantitative estimate of drug-likeness (QED) is 0.391. The molecule has 0 spiro atoms. The Balaban J connectivity index is 2.43. The van der Waals surface area contributed by atoms with Crippen LogP contribution in [0, 0.1) is 7.11 Å². The molecule has 0 atom stereocenters. The Kier molecular flexibility index (Phi) is 2.03. The number of hydrogen-bond donors (Lipinski definition) is 0. The van der Waals surface area contributed by atoms with Gasteiger partial charge in [-0.15, -0.1) is 5.06 Å². The van der Waals surface area contributed by atoms with Crippen LogP contribution in [0.15, 0.2) is 24.3 Å². The van der Waals surface area contributed by atoms with Gasteiger partial charge in [-0.1, -0.05) is 17.1 Å². The molecule has 0 saturated heterocycles. The highest BCUT2D eigenvalue weighted by Crippen LogP contribution is 2.22. The van der Waals surface area contributed by atoms with Gasteiger partial charge < -0.3 is 0 Å². The highest BCUT2D eigenvalue weighted by Gasteiger charge is 2.37. The Morgan fingerprint density at radius 1 is 1.07 bits per heavy atom. The Bertz CT molecular complexity index is 367. The van der Waals surface area contributed by atoms with E-state index in [0.717, 1.165) is 0 Å². The Hall–Kier alpha value is -1.72. The van der Waals surface area contributed by atoms with E-state index in [1.165, 1.54) is 12.1 Å². The van der Waals surface area contributed by atoms with Crippen molar-refractivity contribution in [3.05, 3.63) is 42.5 Å². The van der Waals surface area contributed by atoms with E-state index in [9.17, 15) is 9.59 Å². The molecule has 14 heavy (non-hydrogen) atoms. The lowest BCUT2D eigenvalue weighted by atomic mass is 10.1. The van der Waals surface area contributed by atoms with Crippen LogP contribution in [0.5, 0.6) is 0 Å². The Morgan fingerprint density at radius 3 is 2.00 bits per heavy atom. The molecule has 0 saturated carbocycles. The van der Waals surface area contributed by atoms with Gasteiger partial charge in [0, 0.05) is 0 Å². The average molecular weight is 190 g/mol. The second-order valence-corrected chi connectivity index (χ2v) is 2.61. The molecule has 0 aromatic heterocycles. The summed E-state index contributed by atoms with van der Waals surface area (Å²) < 4.78 is 0. The number of carbonyl (C=O) groups excluding carboxylic acids is 2. The predicted octanol–water partition coefficient (Wildman–Crippen LogP) is 0.691. The van der Waals surface area contributed by atoms with E-state index in [1.807, 2.05) is 0 Å². The summed E-state index contributed by atoms with van der Waals surface area (Å²) in [6.45, 7) is 0. The maximum atomic E-state index is 11.4. The summed E-state index contributed by atoms with van der Waals surface area (Å²) in [6.07, 6.45) is 0. The van der Waals surface area contributed by atoms with Crippen LogP contribution >= 0.6 is 0 Å². The SMILES string of the molecule is [C]OON1C(=O)c2ccccc2C1=O. The summed E-state index contributed by atoms with van der Waals surface area (Å²) in [5.41, 5.74) is 0.490. The van der Waals surface area contributed by atoms with Gasteiger partial charge in [-0.25, -0.2) is 0 Å². The van der Waals surface area contributed by atoms with Gasteiger partial charge in [0.15, 0.2) is 0 Å². The summed E-state index contributed by atoms with van der Waals surface area (Å²) in [7, 11) is 6.29. The second-order valence-electron chi connectivity index (χ2n) is 2.61. The number of hydroxylamine groups is 2. The highest BCUT2D eigenvalue weighted by atomic mass is 17.3. The zero-order valence-corrected chi connectivity index (χ0v) is 6.89. The summed E-state index contributed by atoms with van der Waals surface area (Å²) in [5.74, 6) is -1.25. The minimum Gasteiger partial charge on any atom is -0.266 e. The number of benzene rings is 1. The molecule has 69 valence electrons. The number of nitrogens with zero attached hydrogens (tertiary/aromatic N) is 1. The van der Waals surface area contributed by atoms with E-state index in [1.54, 1.807) is 12.1 Å². The first kappa shape index (κ1) is 8.86. The molecule has 5 heteroatoms. The Morgan fingerprint density at radius 2 is 1.57 bits per heavy atom. The van der Waals surface area contributed by atoms with E-state index >= 15 is 0 Å². The van der Waals surface area contributed by atoms with Crippen LogP contribution in [-0.2, 0) is 9.88 Å². The van der Waals surface area contributed by atoms with E-state index in [4.69, 9.17) is 7.11 Å². The minimum atomic E-state index is -0.627. The summed E-state index contributed by atoms with van der Waals surface area (Å²) >= 11 is 0. The molecule has 0 fully saturated rings. The molecule has 5 nitrogen and oxygen atoms in total. The molecular weight excluding hydrogens is 186 g/mol. The van der Waals surface area contributed by atoms with Crippen molar-refractivity contribution in [1.82, 2.24) is 5.06 Å². The molecule has 1 aliphatic heterocycles. The zero-order chi connectivity index (χ0) is 10.1. The number of hydrogen-bond acceptors (Lipinski definition) is 4. The van der Waals surface area contributed by atoms with Crippen LogP contribution in [0.1, 0.15) is 20.7 Å². The maximum Gasteiger partial charge on any atom is 0.288 e. The molecule has 1 aromatic carbocycles. The number of carbonyl (C=O) groups is 2. The zero-order valence-electron chi connectivity index (χ0n) is 6.89. The number of rotatable bonds is 2. The molecular formula is C9H4NO4. The third-order valence-electron chi connectivity index (χ3n) is 1.87. The normalized spacial score (nSPS) is 14.8. The summed E-state index contributed by atoms with van der Waals surface area (Å²) in [5, 5.41) is 0.400. The number of imide groups is 1. The van der Waals surface area contributed by atoms with Crippen LogP contribution in [0.2, 0.25) is 0 Å². The number of amides is 2. The lowest BCUT2D eigenvalue weighted by molar-refractivity contribution is -0.354. The van der Waals surface area contributed by atoms with Gasteiger partial charge in [0.2, 0.25) is 7.11 Å². The first-order chi connectivity index (χ1) is 6.75. The van der Waals surface area contributed by atoms with Crippen molar-refractivity contribution in [2.24, 2.45) is 0 Å². The van der Waals surface area contributed by atoms with Gasteiger partial charge in [0.25, 0.3) is 11.8 Å². The molecule has 0 N–H and O–H groups in total. The van der Waals surface area contributed by atoms with Crippen molar-refractivity contribution in [2.75, 3.05) is 0 Å². The predicted molar refractivity (Wildman–Crippen MR) is 42.4 cm³/mol. The second kappa shape index (κ2) is 3.21. The van der Waals surface area contributed by atoms with E-state index in [-0.39, 0.29) is 11.1 Å². The van der Waals surface area contributed by atoms with E-state index in [2.05, 4.69) is 9.88 Å². The van der Waals surface area contributed by atoms with E-state index in [0.29, 0.717) is 5.06 Å². The van der Waals surface area contributed by atoms with Gasteiger partial charge in [0.1, 0.15) is 0 Å². The molecule has 0 unspecified atom stereocenters. The molecule has 0 aliphatic carbocycles. The van der Waals surface area contributed by atoms with Gasteiger partial charge >= 0.3 is 0 Å². The third kappa shape index (κ3) is 1.11. The summed E-state index contributed by atoms with van der Waals surface area (Å²) in [6, 6.07) is 6.27. The molecule has 3 radical (unpaired) electrons. The van der Waals surface area contributed by atoms with Crippen LogP contribution < -0.4 is 0 Å². The molecule has 0 bridgehead atoms. The third-order valence-corrected chi connectivity index (χ3v) is 1.87. The lowest BCUT2D eigenvalue weighted by Gasteiger charge is -2.07. The van der Waals surface area contributed by atoms with Gasteiger partial charge in [-0.3, -0.25) is 9.59 Å². The highest BCUT2D eigenvalue weighted by molar-refractivity contribution is 6.20. The molecule has 1 aliphatic rings. The summed E-state index contributed by atoms with van der Waals surface area (Å²) in [4.78, 5) is 30.5. The topological polar surface area (TPSA) is 55.8 Å². The first-order valence-corrected chi connectivity index (χ1v) is 3.74. The fourth-order valence-corrected chi connectivity index (χ4v) is 1.27. The van der Waals surface area contributed by atoms with Crippen LogP contribution in [0.4, 0.5) is 0 Å². The van der Waals surface area contributed by atoms with Crippen LogP contribution in [0.3, 0.4) is 0 Å². The van der Waals surface area contributed by atoms with Gasteiger partial charge in [-0.05, 0) is 12.1 Å². The molecule has 2 amide bonds. The standard InChI is InChI=1S/C9H4NO4/c1-13-14-10-8(11)6-4-2-3-5-7(6)9(10)12/h2-5H. The monoisotopic (exact) mass is 190 g/mol. The average Bonchev–Trinajstić information content (AvgIpc) is 2.45. The van der Waals surface area contributed by atoms with Crippen molar-refractivity contribution >= 4 is 11.8 Å². The molecule has 1 heterocycles. The van der Waals surface area contributed by atoms with Crippen LogP contribution in [0.25, 0.3) is 0 Å². The van der Waals surface area contributed by atoms with Gasteiger partial charge in [0.05, 0.1) is 11.1 Å². The fraction of sp³-hybridized carbons (Fsp3) is 0. The van der Waals surface area contributed by atoms with E-state index < -0.39 is 11.8 Å². The van der Waals surface area contributed by atoms with Crippen molar-refractivity contribution in [1.29, 1.82) is 0 Å². The fourth-order valence-electron chi connectivity index (χ4n) is 1.27.